The minimum absolute atomic E-state index is 0.103. The maximum Gasteiger partial charge on any atom is 0.253 e. The quantitative estimate of drug-likeness (QED) is 0.587. The van der Waals surface area contributed by atoms with Crippen LogP contribution in [0.3, 0.4) is 0 Å². The summed E-state index contributed by atoms with van der Waals surface area (Å²) in [5.41, 5.74) is 2.66. The fourth-order valence-electron chi connectivity index (χ4n) is 3.54. The molecule has 0 saturated carbocycles. The normalized spacial score (nSPS) is 14.6. The summed E-state index contributed by atoms with van der Waals surface area (Å²) in [7, 11) is 0. The molecule has 0 N–H and O–H groups in total. The Morgan fingerprint density at radius 2 is 1.93 bits per heavy atom. The Bertz CT molecular complexity index is 1040. The Kier molecular flexibility index (Phi) is 5.60. The second-order valence-electron chi connectivity index (χ2n) is 6.95. The van der Waals surface area contributed by atoms with Gasteiger partial charge in [-0.1, -0.05) is 23.4 Å². The van der Waals surface area contributed by atoms with Gasteiger partial charge in [-0.2, -0.15) is 4.98 Å². The van der Waals surface area contributed by atoms with E-state index in [1.807, 2.05) is 37.1 Å². The number of hydrogen-bond acceptors (Lipinski definition) is 7. The van der Waals surface area contributed by atoms with E-state index in [9.17, 15) is 4.79 Å². The molecule has 10 heteroatoms. The van der Waals surface area contributed by atoms with Gasteiger partial charge in [-0.15, -0.1) is 5.10 Å². The van der Waals surface area contributed by atoms with E-state index in [2.05, 4.69) is 25.0 Å². The predicted octanol–water partition coefficient (Wildman–Crippen LogP) is 2.40. The number of amides is 1. The van der Waals surface area contributed by atoms with E-state index in [1.165, 1.54) is 11.8 Å². The molecule has 1 fully saturated rings. The number of aryl methyl sites for hydroxylation is 2. The third-order valence-corrected chi connectivity index (χ3v) is 5.97. The summed E-state index contributed by atoms with van der Waals surface area (Å²) in [6, 6.07) is 3.75. The van der Waals surface area contributed by atoms with Gasteiger partial charge in [-0.25, -0.2) is 14.5 Å². The zero-order valence-corrected chi connectivity index (χ0v) is 18.2. The molecule has 1 aliphatic heterocycles. The van der Waals surface area contributed by atoms with Crippen LogP contribution < -0.4 is 4.90 Å². The summed E-state index contributed by atoms with van der Waals surface area (Å²) in [6.45, 7) is 6.71. The zero-order chi connectivity index (χ0) is 20.5. The van der Waals surface area contributed by atoms with Crippen molar-refractivity contribution in [3.05, 3.63) is 40.3 Å². The highest BCUT2D eigenvalue weighted by atomic mass is 35.5. The van der Waals surface area contributed by atoms with Crippen molar-refractivity contribution in [2.75, 3.05) is 37.3 Å². The van der Waals surface area contributed by atoms with Crippen molar-refractivity contribution in [3.8, 4) is 0 Å². The lowest BCUT2D eigenvalue weighted by Crippen LogP contribution is -2.49. The fourth-order valence-corrected chi connectivity index (χ4v) is 3.98. The van der Waals surface area contributed by atoms with Gasteiger partial charge in [0.25, 0.3) is 5.78 Å². The van der Waals surface area contributed by atoms with Crippen LogP contribution in [0.1, 0.15) is 17.0 Å². The summed E-state index contributed by atoms with van der Waals surface area (Å²) < 4.78 is 1.73. The van der Waals surface area contributed by atoms with Crippen LogP contribution in [-0.2, 0) is 11.2 Å². The first-order chi connectivity index (χ1) is 14.0. The largest absolute Gasteiger partial charge is 0.353 e. The fraction of sp³-hybridized carbons (Fsp3) is 0.421. The smallest absolute Gasteiger partial charge is 0.253 e. The van der Waals surface area contributed by atoms with Gasteiger partial charge in [0.1, 0.15) is 5.82 Å². The number of thioether (sulfide) groups is 1. The van der Waals surface area contributed by atoms with E-state index < -0.39 is 0 Å². The average Bonchev–Trinajstić information content (AvgIpc) is 3.15. The molecule has 1 amide bonds. The van der Waals surface area contributed by atoms with Crippen molar-refractivity contribution in [2.45, 2.75) is 25.4 Å². The number of hydrogen-bond donors (Lipinski definition) is 0. The van der Waals surface area contributed by atoms with Crippen molar-refractivity contribution in [3.63, 3.8) is 0 Å². The molecule has 4 rings (SSSR count). The first kappa shape index (κ1) is 19.9. The summed E-state index contributed by atoms with van der Waals surface area (Å²) >= 11 is 7.39. The van der Waals surface area contributed by atoms with Gasteiger partial charge in [0.2, 0.25) is 11.1 Å². The van der Waals surface area contributed by atoms with Gasteiger partial charge in [-0.05, 0) is 32.2 Å². The van der Waals surface area contributed by atoms with Crippen LogP contribution in [0.15, 0.2) is 23.5 Å². The van der Waals surface area contributed by atoms with Crippen molar-refractivity contribution in [1.82, 2.24) is 29.5 Å². The second-order valence-corrected chi connectivity index (χ2v) is 8.16. The molecule has 1 saturated heterocycles. The van der Waals surface area contributed by atoms with Crippen LogP contribution >= 0.6 is 23.4 Å². The third kappa shape index (κ3) is 4.02. The van der Waals surface area contributed by atoms with Gasteiger partial charge < -0.3 is 9.80 Å². The van der Waals surface area contributed by atoms with Crippen molar-refractivity contribution >= 4 is 40.9 Å². The molecule has 3 aromatic heterocycles. The monoisotopic (exact) mass is 431 g/mol. The number of piperazine rings is 1. The summed E-state index contributed by atoms with van der Waals surface area (Å²) in [6.07, 6.45) is 3.89. The molecule has 8 nitrogen and oxygen atoms in total. The topological polar surface area (TPSA) is 79.5 Å². The highest BCUT2D eigenvalue weighted by molar-refractivity contribution is 7.98. The standard InChI is InChI=1S/C19H22ClN7OS/c1-12-15(13(2)27-18(22-12)23-19(24-27)29-3)10-17(28)26-8-6-25(7-9-26)16-5-4-14(20)11-21-16/h4-5,11H,6-10H2,1-3H3. The van der Waals surface area contributed by atoms with E-state index in [-0.39, 0.29) is 5.91 Å². The molecule has 152 valence electrons. The molecular weight excluding hydrogens is 410 g/mol. The summed E-state index contributed by atoms with van der Waals surface area (Å²) in [5, 5.41) is 5.76. The number of rotatable bonds is 4. The van der Waals surface area contributed by atoms with Crippen LogP contribution in [0.2, 0.25) is 5.02 Å². The van der Waals surface area contributed by atoms with Crippen molar-refractivity contribution in [1.29, 1.82) is 0 Å². The van der Waals surface area contributed by atoms with Gasteiger partial charge in [0, 0.05) is 49.3 Å². The SMILES string of the molecule is CSc1nc2nc(C)c(CC(=O)N3CCN(c4ccc(Cl)cn4)CC3)c(C)n2n1. The number of aromatic nitrogens is 5. The molecule has 4 heterocycles. The Hall–Kier alpha value is -2.39. The lowest BCUT2D eigenvalue weighted by atomic mass is 10.1. The maximum absolute atomic E-state index is 13.0. The summed E-state index contributed by atoms with van der Waals surface area (Å²) in [5.74, 6) is 1.56. The van der Waals surface area contributed by atoms with E-state index >= 15 is 0 Å². The molecule has 29 heavy (non-hydrogen) atoms. The van der Waals surface area contributed by atoms with Crippen LogP contribution in [0.5, 0.6) is 0 Å². The van der Waals surface area contributed by atoms with Gasteiger partial charge in [0.15, 0.2) is 0 Å². The van der Waals surface area contributed by atoms with Gasteiger partial charge in [-0.3, -0.25) is 4.79 Å². The molecule has 0 spiro atoms. The Morgan fingerprint density at radius 1 is 1.17 bits per heavy atom. The lowest BCUT2D eigenvalue weighted by Gasteiger charge is -2.35. The van der Waals surface area contributed by atoms with E-state index in [4.69, 9.17) is 11.6 Å². The molecular formula is C19H22ClN7OS. The van der Waals surface area contributed by atoms with Crippen LogP contribution in [0.25, 0.3) is 5.78 Å². The molecule has 0 radical (unpaired) electrons. The number of fused-ring (bicyclic) bond motifs is 1. The predicted molar refractivity (Wildman–Crippen MR) is 114 cm³/mol. The van der Waals surface area contributed by atoms with Crippen LogP contribution in [0, 0.1) is 13.8 Å². The Balaban J connectivity index is 1.45. The van der Waals surface area contributed by atoms with E-state index in [0.717, 1.165) is 35.9 Å². The lowest BCUT2D eigenvalue weighted by molar-refractivity contribution is -0.130. The second kappa shape index (κ2) is 8.16. The highest BCUT2D eigenvalue weighted by Crippen LogP contribution is 2.19. The average molecular weight is 432 g/mol. The van der Waals surface area contributed by atoms with Crippen molar-refractivity contribution < 1.29 is 4.79 Å². The van der Waals surface area contributed by atoms with Crippen LogP contribution in [-0.4, -0.2) is 67.8 Å². The minimum Gasteiger partial charge on any atom is -0.353 e. The zero-order valence-electron chi connectivity index (χ0n) is 16.6. The number of carbonyl (C=O) groups is 1. The highest BCUT2D eigenvalue weighted by Gasteiger charge is 2.24. The van der Waals surface area contributed by atoms with E-state index in [1.54, 1.807) is 10.7 Å². The first-order valence-electron chi connectivity index (χ1n) is 9.37. The number of nitrogens with zero attached hydrogens (tertiary/aromatic N) is 7. The molecule has 3 aromatic rings. The van der Waals surface area contributed by atoms with Crippen molar-refractivity contribution in [2.24, 2.45) is 0 Å². The summed E-state index contributed by atoms with van der Waals surface area (Å²) in [4.78, 5) is 30.3. The van der Waals surface area contributed by atoms with Crippen LogP contribution in [0.4, 0.5) is 5.82 Å². The Labute approximate surface area is 178 Å². The maximum atomic E-state index is 13.0. The Morgan fingerprint density at radius 3 is 2.59 bits per heavy atom. The molecule has 0 aliphatic carbocycles. The molecule has 1 aliphatic rings. The third-order valence-electron chi connectivity index (χ3n) is 5.21. The molecule has 0 bridgehead atoms. The minimum atomic E-state index is 0.103. The first-order valence-corrected chi connectivity index (χ1v) is 11.0. The number of anilines is 1. The molecule has 0 atom stereocenters. The number of carbonyl (C=O) groups excluding carboxylic acids is 1. The molecule has 0 aromatic carbocycles. The number of halogens is 1. The van der Waals surface area contributed by atoms with Gasteiger partial charge in [0.05, 0.1) is 11.4 Å². The van der Waals surface area contributed by atoms with E-state index in [0.29, 0.717) is 35.5 Å². The molecule has 0 unspecified atom stereocenters. The van der Waals surface area contributed by atoms with Gasteiger partial charge >= 0.3 is 0 Å². The number of pyridine rings is 1.